The first-order chi connectivity index (χ1) is 13.4. The molecule has 0 aliphatic carbocycles. The number of ether oxygens (including phenoxy) is 1. The molecular weight excluding hydrogens is 368 g/mol. The topological polar surface area (TPSA) is 53.1 Å². The highest BCUT2D eigenvalue weighted by atomic mass is 19.2. The predicted octanol–water partition coefficient (Wildman–Crippen LogP) is 2.23. The SMILES string of the molecule is O=C(CN1CCOC1=O)N1CC[C@@]2(CCCN(Cc3ccc(F)c(F)c3)C2)C1. The van der Waals surface area contributed by atoms with Crippen LogP contribution >= 0.6 is 0 Å². The zero-order chi connectivity index (χ0) is 19.7. The second-order valence-corrected chi connectivity index (χ2v) is 8.16. The lowest BCUT2D eigenvalue weighted by atomic mass is 9.79. The first kappa shape index (κ1) is 19.1. The maximum absolute atomic E-state index is 13.5. The Hall–Kier alpha value is -2.22. The van der Waals surface area contributed by atoms with Gasteiger partial charge < -0.3 is 9.64 Å². The Morgan fingerprint density at radius 2 is 1.96 bits per heavy atom. The number of benzene rings is 1. The van der Waals surface area contributed by atoms with E-state index in [0.29, 0.717) is 32.8 Å². The van der Waals surface area contributed by atoms with E-state index in [2.05, 4.69) is 4.90 Å². The molecule has 3 aliphatic heterocycles. The number of rotatable bonds is 4. The molecule has 0 bridgehead atoms. The lowest BCUT2D eigenvalue weighted by Crippen LogP contribution is -2.46. The summed E-state index contributed by atoms with van der Waals surface area (Å²) < 4.78 is 31.5. The van der Waals surface area contributed by atoms with E-state index in [9.17, 15) is 18.4 Å². The van der Waals surface area contributed by atoms with Crippen LogP contribution in [0.2, 0.25) is 0 Å². The third kappa shape index (κ3) is 3.97. The van der Waals surface area contributed by atoms with Gasteiger partial charge in [-0.1, -0.05) is 6.07 Å². The van der Waals surface area contributed by atoms with Crippen LogP contribution in [0.5, 0.6) is 0 Å². The van der Waals surface area contributed by atoms with Crippen molar-refractivity contribution in [1.82, 2.24) is 14.7 Å². The van der Waals surface area contributed by atoms with E-state index in [1.165, 1.54) is 17.0 Å². The average Bonchev–Trinajstić information content (AvgIpc) is 3.25. The van der Waals surface area contributed by atoms with Crippen LogP contribution in [0.1, 0.15) is 24.8 Å². The molecule has 2 amide bonds. The molecule has 6 nitrogen and oxygen atoms in total. The summed E-state index contributed by atoms with van der Waals surface area (Å²) in [5.74, 6) is -1.68. The summed E-state index contributed by atoms with van der Waals surface area (Å²) in [6, 6.07) is 4.05. The number of amides is 2. The van der Waals surface area contributed by atoms with Gasteiger partial charge >= 0.3 is 6.09 Å². The number of piperidine rings is 1. The molecule has 0 saturated carbocycles. The van der Waals surface area contributed by atoms with Crippen LogP contribution in [0, 0.1) is 17.0 Å². The quantitative estimate of drug-likeness (QED) is 0.787. The van der Waals surface area contributed by atoms with Gasteiger partial charge in [0, 0.05) is 31.6 Å². The van der Waals surface area contributed by atoms with Crippen molar-refractivity contribution < 1.29 is 23.1 Å². The average molecular weight is 393 g/mol. The zero-order valence-corrected chi connectivity index (χ0v) is 15.8. The lowest BCUT2D eigenvalue weighted by molar-refractivity contribution is -0.131. The maximum atomic E-state index is 13.5. The van der Waals surface area contributed by atoms with Gasteiger partial charge in [-0.3, -0.25) is 14.6 Å². The fourth-order valence-corrected chi connectivity index (χ4v) is 4.65. The molecule has 3 fully saturated rings. The Morgan fingerprint density at radius 3 is 2.71 bits per heavy atom. The van der Waals surface area contributed by atoms with Gasteiger partial charge in [0.05, 0.1) is 6.54 Å². The van der Waals surface area contributed by atoms with Crippen LogP contribution in [0.15, 0.2) is 18.2 Å². The van der Waals surface area contributed by atoms with E-state index in [4.69, 9.17) is 4.74 Å². The van der Waals surface area contributed by atoms with E-state index >= 15 is 0 Å². The van der Waals surface area contributed by atoms with Gasteiger partial charge in [0.25, 0.3) is 0 Å². The van der Waals surface area contributed by atoms with Gasteiger partial charge in [-0.15, -0.1) is 0 Å². The molecule has 3 heterocycles. The Balaban J connectivity index is 1.35. The molecule has 0 unspecified atom stereocenters. The normalized spacial score (nSPS) is 25.6. The van der Waals surface area contributed by atoms with E-state index < -0.39 is 17.7 Å². The van der Waals surface area contributed by atoms with Crippen LogP contribution < -0.4 is 0 Å². The van der Waals surface area contributed by atoms with E-state index in [0.717, 1.165) is 37.9 Å². The molecule has 3 saturated heterocycles. The molecule has 4 rings (SSSR count). The predicted molar refractivity (Wildman–Crippen MR) is 97.4 cm³/mol. The van der Waals surface area contributed by atoms with Crippen molar-refractivity contribution in [1.29, 1.82) is 0 Å². The first-order valence-corrected chi connectivity index (χ1v) is 9.80. The second-order valence-electron chi connectivity index (χ2n) is 8.16. The molecule has 0 N–H and O–H groups in total. The van der Waals surface area contributed by atoms with Crippen molar-refractivity contribution in [2.45, 2.75) is 25.8 Å². The third-order valence-corrected chi connectivity index (χ3v) is 6.09. The van der Waals surface area contributed by atoms with Crippen molar-refractivity contribution in [3.63, 3.8) is 0 Å². The Kier molecular flexibility index (Phi) is 5.23. The molecule has 3 aliphatic rings. The Morgan fingerprint density at radius 1 is 1.11 bits per heavy atom. The van der Waals surface area contributed by atoms with E-state index in [1.54, 1.807) is 6.07 Å². The second kappa shape index (κ2) is 7.66. The van der Waals surface area contributed by atoms with E-state index in [-0.39, 0.29) is 17.9 Å². The van der Waals surface area contributed by atoms with Crippen LogP contribution in [0.25, 0.3) is 0 Å². The summed E-state index contributed by atoms with van der Waals surface area (Å²) in [6.45, 7) is 4.58. The molecule has 1 aromatic rings. The molecule has 1 atom stereocenters. The standard InChI is InChI=1S/C20H25F2N3O3/c21-16-3-2-15(10-17(16)22)11-23-6-1-4-20(13-23)5-7-25(14-20)18(26)12-24-8-9-28-19(24)27/h2-3,10H,1,4-9,11-14H2/t20-/m1/s1. The van der Waals surface area contributed by atoms with Crippen molar-refractivity contribution in [3.8, 4) is 0 Å². The highest BCUT2D eigenvalue weighted by Crippen LogP contribution is 2.39. The number of hydrogen-bond donors (Lipinski definition) is 0. The summed E-state index contributed by atoms with van der Waals surface area (Å²) in [5, 5.41) is 0. The Labute approximate surface area is 163 Å². The largest absolute Gasteiger partial charge is 0.448 e. The summed E-state index contributed by atoms with van der Waals surface area (Å²) >= 11 is 0. The van der Waals surface area contributed by atoms with Crippen molar-refractivity contribution in [3.05, 3.63) is 35.4 Å². The summed E-state index contributed by atoms with van der Waals surface area (Å²) in [5.41, 5.74) is 0.798. The molecule has 8 heteroatoms. The minimum Gasteiger partial charge on any atom is -0.448 e. The van der Waals surface area contributed by atoms with Gasteiger partial charge in [0.1, 0.15) is 13.2 Å². The summed E-state index contributed by atoms with van der Waals surface area (Å²) in [4.78, 5) is 29.7. The van der Waals surface area contributed by atoms with Crippen LogP contribution in [-0.2, 0) is 16.1 Å². The van der Waals surface area contributed by atoms with Gasteiger partial charge in [-0.2, -0.15) is 0 Å². The van der Waals surface area contributed by atoms with Gasteiger partial charge in [0.2, 0.25) is 5.91 Å². The first-order valence-electron chi connectivity index (χ1n) is 9.80. The fourth-order valence-electron chi connectivity index (χ4n) is 4.65. The molecule has 0 aromatic heterocycles. The smallest absolute Gasteiger partial charge is 0.410 e. The third-order valence-electron chi connectivity index (χ3n) is 6.09. The molecule has 1 spiro atoms. The fraction of sp³-hybridized carbons (Fsp3) is 0.600. The summed E-state index contributed by atoms with van der Waals surface area (Å²) in [7, 11) is 0. The summed E-state index contributed by atoms with van der Waals surface area (Å²) in [6.07, 6.45) is 2.58. The van der Waals surface area contributed by atoms with Crippen LogP contribution in [0.4, 0.5) is 13.6 Å². The van der Waals surface area contributed by atoms with Gasteiger partial charge in [0.15, 0.2) is 11.6 Å². The minimum atomic E-state index is -0.828. The molecule has 152 valence electrons. The number of hydrogen-bond acceptors (Lipinski definition) is 4. The van der Waals surface area contributed by atoms with Crippen LogP contribution in [0.3, 0.4) is 0 Å². The number of likely N-dealkylation sites (tertiary alicyclic amines) is 2. The zero-order valence-electron chi connectivity index (χ0n) is 15.8. The van der Waals surface area contributed by atoms with Gasteiger partial charge in [-0.25, -0.2) is 13.6 Å². The molecule has 0 radical (unpaired) electrons. The molecular formula is C20H25F2N3O3. The number of carbonyl (C=O) groups excluding carboxylic acids is 2. The number of carbonyl (C=O) groups is 2. The van der Waals surface area contributed by atoms with Crippen molar-refractivity contribution in [2.24, 2.45) is 5.41 Å². The highest BCUT2D eigenvalue weighted by molar-refractivity contribution is 5.83. The number of cyclic esters (lactones) is 1. The minimum absolute atomic E-state index is 0.0338. The Bertz CT molecular complexity index is 775. The number of halogens is 2. The number of nitrogens with zero attached hydrogens (tertiary/aromatic N) is 3. The van der Waals surface area contributed by atoms with Crippen molar-refractivity contribution >= 4 is 12.0 Å². The maximum Gasteiger partial charge on any atom is 0.410 e. The molecule has 28 heavy (non-hydrogen) atoms. The van der Waals surface area contributed by atoms with Crippen molar-refractivity contribution in [2.75, 3.05) is 45.9 Å². The van der Waals surface area contributed by atoms with E-state index in [1.807, 2.05) is 4.90 Å². The monoisotopic (exact) mass is 393 g/mol. The van der Waals surface area contributed by atoms with Gasteiger partial charge in [-0.05, 0) is 43.5 Å². The molecule has 1 aromatic carbocycles. The highest BCUT2D eigenvalue weighted by Gasteiger charge is 2.43. The van der Waals surface area contributed by atoms with Crippen LogP contribution in [-0.4, -0.2) is 72.6 Å². The lowest BCUT2D eigenvalue weighted by Gasteiger charge is -2.40.